The number of terminal acetylenes is 1. The van der Waals surface area contributed by atoms with Crippen molar-refractivity contribution in [3.05, 3.63) is 72.2 Å². The number of carbonyl (C=O) groups is 1. The molecule has 1 aliphatic carbocycles. The van der Waals surface area contributed by atoms with E-state index in [4.69, 9.17) is 16.1 Å². The molecule has 0 saturated heterocycles. The predicted molar refractivity (Wildman–Crippen MR) is 126 cm³/mol. The maximum atomic E-state index is 13.6. The van der Waals surface area contributed by atoms with Crippen LogP contribution in [0.5, 0.6) is 5.75 Å². The lowest BCUT2D eigenvalue weighted by atomic mass is 9.99. The molecular weight excluding hydrogens is 456 g/mol. The molecule has 3 atom stereocenters. The number of halogens is 1. The van der Waals surface area contributed by atoms with Gasteiger partial charge in [0, 0.05) is 17.0 Å². The topological polar surface area (TPSA) is 96.7 Å². The van der Waals surface area contributed by atoms with Crippen molar-refractivity contribution in [2.24, 2.45) is 0 Å². The quantitative estimate of drug-likeness (QED) is 0.287. The smallest absolute Gasteiger partial charge is 0.419 e. The number of nitrogens with zero attached hydrogens (tertiary/aromatic N) is 1. The van der Waals surface area contributed by atoms with Gasteiger partial charge in [0.15, 0.2) is 5.75 Å². The van der Waals surface area contributed by atoms with E-state index in [1.807, 2.05) is 36.3 Å². The van der Waals surface area contributed by atoms with Crippen molar-refractivity contribution in [2.75, 3.05) is 0 Å². The molecule has 1 aliphatic rings. The number of aliphatic hydroxyl groups excluding tert-OH is 1. The highest BCUT2D eigenvalue weighted by Gasteiger charge is 2.62. The van der Waals surface area contributed by atoms with E-state index in [0.717, 1.165) is 25.3 Å². The third-order valence-electron chi connectivity index (χ3n) is 5.82. The number of ether oxygens (including phenoxy) is 1. The SMILES string of the molecule is C#CC(C(=O)Oc1c(-c2ccc(F)cc2)cc(-c2ccccc2)nc1C1CC1)(C(C)O)[P+](=O)O. The van der Waals surface area contributed by atoms with Crippen LogP contribution in [0.25, 0.3) is 22.4 Å². The first-order valence-corrected chi connectivity index (χ1v) is 11.9. The first-order valence-electron chi connectivity index (χ1n) is 10.7. The fourth-order valence-corrected chi connectivity index (χ4v) is 4.34. The number of esters is 1. The second-order valence-corrected chi connectivity index (χ2v) is 9.42. The van der Waals surface area contributed by atoms with Crippen molar-refractivity contribution in [1.29, 1.82) is 0 Å². The van der Waals surface area contributed by atoms with E-state index in [1.165, 1.54) is 12.1 Å². The van der Waals surface area contributed by atoms with Crippen molar-refractivity contribution in [3.63, 3.8) is 0 Å². The summed E-state index contributed by atoms with van der Waals surface area (Å²) in [5, 5.41) is 7.69. The fraction of sp³-hybridized carbons (Fsp3) is 0.231. The number of hydrogen-bond acceptors (Lipinski definition) is 5. The second-order valence-electron chi connectivity index (χ2n) is 8.17. The Kier molecular flexibility index (Phi) is 6.58. The minimum absolute atomic E-state index is 0.0142. The minimum atomic E-state index is -3.32. The molecule has 0 radical (unpaired) electrons. The van der Waals surface area contributed by atoms with Crippen LogP contribution in [0.4, 0.5) is 4.39 Å². The zero-order chi connectivity index (χ0) is 24.5. The summed E-state index contributed by atoms with van der Waals surface area (Å²) in [6.07, 6.45) is 5.43. The van der Waals surface area contributed by atoms with Crippen LogP contribution < -0.4 is 4.74 Å². The zero-order valence-electron chi connectivity index (χ0n) is 18.3. The summed E-state index contributed by atoms with van der Waals surface area (Å²) in [4.78, 5) is 27.8. The molecule has 8 heteroatoms. The summed E-state index contributed by atoms with van der Waals surface area (Å²) in [6, 6.07) is 16.8. The number of aliphatic hydroxyl groups is 1. The standard InChI is InChI=1S/C26H21FNO5P/c1-3-26(16(2)29,34(31)32)25(30)33-24-21(17-11-13-20(27)14-12-17)15-22(18-7-5-4-6-8-18)28-23(24)19-9-10-19/h1,4-8,11-16,19,29H,9-10H2,2H3/p+1. The maximum absolute atomic E-state index is 13.6. The largest absolute Gasteiger partial charge is 0.540 e. The van der Waals surface area contributed by atoms with E-state index in [-0.39, 0.29) is 11.7 Å². The monoisotopic (exact) mass is 478 g/mol. The van der Waals surface area contributed by atoms with Crippen LogP contribution >= 0.6 is 8.03 Å². The number of carbonyl (C=O) groups excluding carboxylic acids is 1. The normalized spacial score (nSPS) is 16.1. The van der Waals surface area contributed by atoms with Crippen LogP contribution in [0, 0.1) is 18.2 Å². The van der Waals surface area contributed by atoms with Crippen molar-refractivity contribution in [2.45, 2.75) is 36.9 Å². The summed E-state index contributed by atoms with van der Waals surface area (Å²) in [5.74, 6) is 0.409. The lowest BCUT2D eigenvalue weighted by Gasteiger charge is -2.21. The predicted octanol–water partition coefficient (Wildman–Crippen LogP) is 4.83. The van der Waals surface area contributed by atoms with Crippen molar-refractivity contribution in [1.82, 2.24) is 4.98 Å². The molecule has 1 saturated carbocycles. The first-order chi connectivity index (χ1) is 16.3. The van der Waals surface area contributed by atoms with Gasteiger partial charge in [-0.05, 0) is 54.0 Å². The van der Waals surface area contributed by atoms with Gasteiger partial charge in [-0.2, -0.15) is 4.89 Å². The molecule has 3 unspecified atom stereocenters. The van der Waals surface area contributed by atoms with Crippen molar-refractivity contribution in [3.8, 4) is 40.5 Å². The van der Waals surface area contributed by atoms with Gasteiger partial charge < -0.3 is 9.84 Å². The molecule has 0 amide bonds. The summed E-state index contributed by atoms with van der Waals surface area (Å²) < 4.78 is 31.4. The van der Waals surface area contributed by atoms with Gasteiger partial charge in [-0.3, -0.25) is 0 Å². The highest BCUT2D eigenvalue weighted by molar-refractivity contribution is 7.42. The van der Waals surface area contributed by atoms with Gasteiger partial charge >= 0.3 is 19.2 Å². The molecule has 0 spiro atoms. The fourth-order valence-electron chi connectivity index (χ4n) is 3.71. The van der Waals surface area contributed by atoms with Crippen molar-refractivity contribution >= 4 is 14.0 Å². The average Bonchev–Trinajstić information content (AvgIpc) is 3.66. The molecule has 0 aliphatic heterocycles. The van der Waals surface area contributed by atoms with Gasteiger partial charge in [-0.25, -0.2) is 14.2 Å². The Labute approximate surface area is 197 Å². The highest BCUT2D eigenvalue weighted by Crippen LogP contribution is 2.49. The zero-order valence-corrected chi connectivity index (χ0v) is 19.2. The Balaban J connectivity index is 1.92. The molecule has 4 rings (SSSR count). The minimum Gasteiger partial charge on any atom is -0.419 e. The van der Waals surface area contributed by atoms with E-state index in [9.17, 15) is 23.7 Å². The summed E-state index contributed by atoms with van der Waals surface area (Å²) in [6.45, 7) is 1.16. The third kappa shape index (κ3) is 4.36. The number of hydrogen-bond donors (Lipinski definition) is 2. The van der Waals surface area contributed by atoms with Gasteiger partial charge in [0.05, 0.1) is 11.4 Å². The van der Waals surface area contributed by atoms with Crippen molar-refractivity contribution < 1.29 is 28.5 Å². The van der Waals surface area contributed by atoms with Crippen LogP contribution in [-0.4, -0.2) is 32.2 Å². The van der Waals surface area contributed by atoms with Crippen LogP contribution in [0.1, 0.15) is 31.4 Å². The Morgan fingerprint density at radius 2 is 1.85 bits per heavy atom. The van der Waals surface area contributed by atoms with E-state index in [2.05, 4.69) is 0 Å². The number of rotatable bonds is 7. The molecule has 3 aromatic rings. The molecule has 6 nitrogen and oxygen atoms in total. The lowest BCUT2D eigenvalue weighted by molar-refractivity contribution is -0.138. The average molecular weight is 478 g/mol. The van der Waals surface area contributed by atoms with Crippen LogP contribution in [0.3, 0.4) is 0 Å². The molecule has 1 fully saturated rings. The molecular formula is C26H22FNO5P+. The van der Waals surface area contributed by atoms with E-state index in [1.54, 1.807) is 18.2 Å². The molecule has 2 aromatic carbocycles. The van der Waals surface area contributed by atoms with E-state index >= 15 is 0 Å². The summed E-state index contributed by atoms with van der Waals surface area (Å²) >= 11 is 0. The Bertz CT molecular complexity index is 1280. The van der Waals surface area contributed by atoms with Crippen LogP contribution in [0.2, 0.25) is 0 Å². The molecule has 2 N–H and O–H groups in total. The van der Waals surface area contributed by atoms with Crippen LogP contribution in [0.15, 0.2) is 60.7 Å². The third-order valence-corrected chi connectivity index (χ3v) is 7.11. The van der Waals surface area contributed by atoms with E-state index < -0.39 is 31.1 Å². The highest BCUT2D eigenvalue weighted by atomic mass is 31.1. The Morgan fingerprint density at radius 3 is 2.38 bits per heavy atom. The van der Waals surface area contributed by atoms with Gasteiger partial charge in [0.2, 0.25) is 0 Å². The second kappa shape index (κ2) is 9.44. The van der Waals surface area contributed by atoms with Crippen LogP contribution in [-0.2, 0) is 9.36 Å². The summed E-state index contributed by atoms with van der Waals surface area (Å²) in [5.41, 5.74) is 2.98. The Morgan fingerprint density at radius 1 is 1.21 bits per heavy atom. The summed E-state index contributed by atoms with van der Waals surface area (Å²) in [7, 11) is -3.32. The lowest BCUT2D eigenvalue weighted by Crippen LogP contribution is -2.46. The number of aromatic nitrogens is 1. The molecule has 1 heterocycles. The van der Waals surface area contributed by atoms with Gasteiger partial charge in [0.25, 0.3) is 0 Å². The maximum Gasteiger partial charge on any atom is 0.540 e. The first kappa shape index (κ1) is 23.7. The number of benzene rings is 2. The van der Waals surface area contributed by atoms with Gasteiger partial charge in [0.1, 0.15) is 11.9 Å². The molecule has 1 aromatic heterocycles. The molecule has 34 heavy (non-hydrogen) atoms. The molecule has 172 valence electrons. The van der Waals surface area contributed by atoms with E-state index in [0.29, 0.717) is 22.5 Å². The van der Waals surface area contributed by atoms with Gasteiger partial charge in [-0.15, -0.1) is 6.42 Å². The van der Waals surface area contributed by atoms with Gasteiger partial charge in [-0.1, -0.05) is 42.5 Å². The number of pyridine rings is 1. The molecule has 0 bridgehead atoms. The Hall–Kier alpha value is -3.43.